The molecule has 0 amide bonds. The minimum absolute atomic E-state index is 0.0666. The van der Waals surface area contributed by atoms with Gasteiger partial charge in [-0.25, -0.2) is 0 Å². The van der Waals surface area contributed by atoms with E-state index in [1.165, 1.54) is 38.7 Å². The molecular formula is C25H30N2O3S2. The molecule has 0 radical (unpaired) electrons. The highest BCUT2D eigenvalue weighted by atomic mass is 32.2. The van der Waals surface area contributed by atoms with Gasteiger partial charge >= 0.3 is 0 Å². The Hall–Kier alpha value is -2.32. The lowest BCUT2D eigenvalue weighted by Crippen LogP contribution is -2.43. The second-order valence-electron chi connectivity index (χ2n) is 7.86. The highest BCUT2D eigenvalue weighted by Gasteiger charge is 2.15. The van der Waals surface area contributed by atoms with Gasteiger partial charge in [0.25, 0.3) is 10.1 Å². The Morgan fingerprint density at radius 2 is 1.47 bits per heavy atom. The number of piperazine rings is 1. The number of nitrogens with one attached hydrogen (secondary N) is 1. The molecule has 5 nitrogen and oxygen atoms in total. The van der Waals surface area contributed by atoms with Crippen LogP contribution in [0.3, 0.4) is 0 Å². The minimum Gasteiger partial charge on any atom is -0.368 e. The number of benzene rings is 3. The summed E-state index contributed by atoms with van der Waals surface area (Å²) >= 11 is 1.88. The second-order valence-corrected chi connectivity index (χ2v) is 10.4. The predicted octanol–water partition coefficient (Wildman–Crippen LogP) is 5.11. The lowest BCUT2D eigenvalue weighted by Gasteiger charge is -2.31. The Labute approximate surface area is 195 Å². The van der Waals surface area contributed by atoms with Gasteiger partial charge in [-0.05, 0) is 56.7 Å². The van der Waals surface area contributed by atoms with Crippen LogP contribution in [0, 0.1) is 20.8 Å². The normalized spacial score (nSPS) is 13.9. The molecule has 0 bridgehead atoms. The van der Waals surface area contributed by atoms with E-state index in [4.69, 9.17) is 4.55 Å². The molecule has 1 saturated heterocycles. The highest BCUT2D eigenvalue weighted by Crippen LogP contribution is 2.37. The van der Waals surface area contributed by atoms with E-state index in [1.807, 2.05) is 18.7 Å². The van der Waals surface area contributed by atoms with E-state index < -0.39 is 10.1 Å². The van der Waals surface area contributed by atoms with Crippen molar-refractivity contribution in [3.05, 3.63) is 83.4 Å². The first kappa shape index (κ1) is 24.3. The number of para-hydroxylation sites is 1. The average molecular weight is 471 g/mol. The Bertz CT molecular complexity index is 1140. The fourth-order valence-corrected chi connectivity index (χ4v) is 4.97. The van der Waals surface area contributed by atoms with Gasteiger partial charge in [-0.1, -0.05) is 59.3 Å². The molecule has 0 saturated carbocycles. The van der Waals surface area contributed by atoms with Gasteiger partial charge in [0, 0.05) is 36.0 Å². The SMILES string of the molecule is Cc1ccc(S(=O)(=O)O)cc1.Cc1ccc(Sc2ccccc2N2CCNCC2)c(C)c1. The molecule has 3 aromatic carbocycles. The smallest absolute Gasteiger partial charge is 0.294 e. The summed E-state index contributed by atoms with van der Waals surface area (Å²) in [5, 5.41) is 3.42. The number of nitrogens with zero attached hydrogens (tertiary/aromatic N) is 1. The van der Waals surface area contributed by atoms with Crippen LogP contribution in [0.5, 0.6) is 0 Å². The van der Waals surface area contributed by atoms with Crippen LogP contribution >= 0.6 is 11.8 Å². The topological polar surface area (TPSA) is 69.6 Å². The van der Waals surface area contributed by atoms with Crippen LogP contribution in [0.4, 0.5) is 5.69 Å². The molecule has 1 aliphatic rings. The summed E-state index contributed by atoms with van der Waals surface area (Å²) in [5.41, 5.74) is 5.00. The Morgan fingerprint density at radius 3 is 2.09 bits per heavy atom. The third-order valence-corrected chi connectivity index (χ3v) is 7.30. The summed E-state index contributed by atoms with van der Waals surface area (Å²) in [6.07, 6.45) is 0. The summed E-state index contributed by atoms with van der Waals surface area (Å²) in [7, 11) is -4.02. The largest absolute Gasteiger partial charge is 0.368 e. The average Bonchev–Trinajstić information content (AvgIpc) is 2.77. The lowest BCUT2D eigenvalue weighted by atomic mass is 10.2. The van der Waals surface area contributed by atoms with E-state index in [9.17, 15) is 8.42 Å². The van der Waals surface area contributed by atoms with E-state index in [-0.39, 0.29) is 4.90 Å². The van der Waals surface area contributed by atoms with Crippen LogP contribution in [0.25, 0.3) is 0 Å². The van der Waals surface area contributed by atoms with Crippen molar-refractivity contribution in [1.29, 1.82) is 0 Å². The zero-order valence-corrected chi connectivity index (χ0v) is 20.3. The highest BCUT2D eigenvalue weighted by molar-refractivity contribution is 7.99. The van der Waals surface area contributed by atoms with E-state index in [2.05, 4.69) is 66.5 Å². The zero-order valence-electron chi connectivity index (χ0n) is 18.7. The first-order valence-corrected chi connectivity index (χ1v) is 12.8. The molecule has 0 aliphatic carbocycles. The van der Waals surface area contributed by atoms with Gasteiger partial charge in [-0.15, -0.1) is 0 Å². The fourth-order valence-electron chi connectivity index (χ4n) is 3.45. The van der Waals surface area contributed by atoms with Gasteiger partial charge in [0.15, 0.2) is 0 Å². The van der Waals surface area contributed by atoms with Crippen molar-refractivity contribution >= 4 is 27.6 Å². The van der Waals surface area contributed by atoms with E-state index >= 15 is 0 Å². The van der Waals surface area contributed by atoms with Crippen molar-refractivity contribution in [3.8, 4) is 0 Å². The van der Waals surface area contributed by atoms with Crippen LogP contribution in [0.2, 0.25) is 0 Å². The molecule has 0 atom stereocenters. The number of aryl methyl sites for hydroxylation is 3. The number of hydrogen-bond acceptors (Lipinski definition) is 5. The van der Waals surface area contributed by atoms with Gasteiger partial charge in [0.2, 0.25) is 0 Å². The van der Waals surface area contributed by atoms with Crippen molar-refractivity contribution in [3.63, 3.8) is 0 Å². The van der Waals surface area contributed by atoms with Crippen molar-refractivity contribution < 1.29 is 13.0 Å². The molecule has 3 aromatic rings. The molecule has 1 aliphatic heterocycles. The maximum absolute atomic E-state index is 10.5. The first-order valence-electron chi connectivity index (χ1n) is 10.6. The molecule has 7 heteroatoms. The van der Waals surface area contributed by atoms with E-state index in [1.54, 1.807) is 12.1 Å². The number of hydrogen-bond donors (Lipinski definition) is 2. The molecule has 4 rings (SSSR count). The summed E-state index contributed by atoms with van der Waals surface area (Å²) in [5.74, 6) is 0. The molecular weight excluding hydrogens is 440 g/mol. The molecule has 2 N–H and O–H groups in total. The van der Waals surface area contributed by atoms with Crippen molar-refractivity contribution in [1.82, 2.24) is 5.32 Å². The number of rotatable bonds is 4. The van der Waals surface area contributed by atoms with Gasteiger partial charge in [0.1, 0.15) is 0 Å². The van der Waals surface area contributed by atoms with Crippen LogP contribution in [0.1, 0.15) is 16.7 Å². The zero-order chi connectivity index (χ0) is 23.1. The first-order chi connectivity index (χ1) is 15.2. The quantitative estimate of drug-likeness (QED) is 0.517. The van der Waals surface area contributed by atoms with Crippen LogP contribution < -0.4 is 10.2 Å². The summed E-state index contributed by atoms with van der Waals surface area (Å²) < 4.78 is 29.6. The van der Waals surface area contributed by atoms with Crippen molar-refractivity contribution in [2.75, 3.05) is 31.1 Å². The summed E-state index contributed by atoms with van der Waals surface area (Å²) in [6, 6.07) is 21.4. The third-order valence-electron chi connectivity index (χ3n) is 5.19. The third kappa shape index (κ3) is 6.84. The Kier molecular flexibility index (Phi) is 8.37. The fraction of sp³-hybridized carbons (Fsp3) is 0.280. The minimum atomic E-state index is -4.02. The summed E-state index contributed by atoms with van der Waals surface area (Å²) in [6.45, 7) is 10.5. The number of anilines is 1. The summed E-state index contributed by atoms with van der Waals surface area (Å²) in [4.78, 5) is 5.13. The molecule has 0 spiro atoms. The standard InChI is InChI=1S/C18H22N2S.C7H8O3S/c1-14-7-8-17(15(2)13-14)21-18-6-4-3-5-16(18)20-11-9-19-10-12-20;1-6-2-4-7(5-3-6)11(8,9)10/h3-8,13,19H,9-12H2,1-2H3;2-5H,1H3,(H,8,9,10). The van der Waals surface area contributed by atoms with Crippen LogP contribution in [-0.4, -0.2) is 39.1 Å². The van der Waals surface area contributed by atoms with Crippen molar-refractivity contribution in [2.24, 2.45) is 0 Å². The Morgan fingerprint density at radius 1 is 0.844 bits per heavy atom. The van der Waals surface area contributed by atoms with E-state index in [0.29, 0.717) is 0 Å². The van der Waals surface area contributed by atoms with E-state index in [0.717, 1.165) is 31.7 Å². The molecule has 1 heterocycles. The maximum atomic E-state index is 10.5. The van der Waals surface area contributed by atoms with Gasteiger partial charge < -0.3 is 10.2 Å². The van der Waals surface area contributed by atoms with Crippen molar-refractivity contribution in [2.45, 2.75) is 35.5 Å². The van der Waals surface area contributed by atoms with Gasteiger partial charge in [-0.3, -0.25) is 4.55 Å². The second kappa shape index (κ2) is 11.0. The van der Waals surface area contributed by atoms with Crippen LogP contribution in [-0.2, 0) is 10.1 Å². The molecule has 0 aromatic heterocycles. The lowest BCUT2D eigenvalue weighted by molar-refractivity contribution is 0.483. The molecule has 170 valence electrons. The van der Waals surface area contributed by atoms with Gasteiger partial charge in [-0.2, -0.15) is 8.42 Å². The monoisotopic (exact) mass is 470 g/mol. The van der Waals surface area contributed by atoms with Gasteiger partial charge in [0.05, 0.1) is 10.6 Å². The predicted molar refractivity (Wildman–Crippen MR) is 133 cm³/mol. The van der Waals surface area contributed by atoms with Crippen LogP contribution in [0.15, 0.2) is 81.4 Å². The Balaban J connectivity index is 0.000000222. The molecule has 0 unspecified atom stereocenters. The maximum Gasteiger partial charge on any atom is 0.294 e. The molecule has 1 fully saturated rings. The molecule has 32 heavy (non-hydrogen) atoms.